The van der Waals surface area contributed by atoms with E-state index in [-0.39, 0.29) is 43.7 Å². The first-order chi connectivity index (χ1) is 35.8. The molecule has 2 saturated heterocycles. The zero-order valence-electron chi connectivity index (χ0n) is 40.6. The summed E-state index contributed by atoms with van der Waals surface area (Å²) in [5, 5.41) is 2.78. The van der Waals surface area contributed by atoms with Crippen LogP contribution in [0.25, 0.3) is 11.4 Å². The Balaban J connectivity index is 0.000000198. The van der Waals surface area contributed by atoms with Gasteiger partial charge in [-0.05, 0) is 113 Å². The minimum absolute atomic E-state index is 0. The average Bonchev–Trinajstić information content (AvgIpc) is 4.18. The standard InChI is InChI=1S/C23H21F5N6O2.C14H14F3N3.C9H8ClF2N3O2.CH4.B3/c1-11(24)18-9-36-22(35)34(18)20-15(25)8-29-21(32-20)31-12(2)19-17-5-3-13-7-14(23(26,27)28)4-6-16(13)33(17)10-30-19;1-8(18)13-12-4-2-9-6-10(14(15,16)17)3-5-11(9)20(12)7-19-13;1-4(11)6-3-17-9(16)15(6)7-5(12)2-13-8(10)14-7;;1-3-2/h4,6-8,10-12,18H,3,5,9H2,1-2H3,(H,29,31,32);3,5-8H,2,4,18H2,1H3;2,4,6H,3H2,1H3;1H4;/t11-,12-,18+;8-;4-,6+;;/m000../s1. The molecular weight excluding hydrogens is 1050 g/mol. The van der Waals surface area contributed by atoms with E-state index in [1.54, 1.807) is 24.1 Å². The van der Waals surface area contributed by atoms with Crippen molar-refractivity contribution in [1.82, 2.24) is 39.0 Å². The van der Waals surface area contributed by atoms with Gasteiger partial charge in [0.15, 0.2) is 23.3 Å². The Morgan fingerprint density at radius 1 is 0.701 bits per heavy atom. The molecule has 3 N–H and O–H groups in total. The van der Waals surface area contributed by atoms with Crippen molar-refractivity contribution in [2.45, 2.75) is 110 Å². The summed E-state index contributed by atoms with van der Waals surface area (Å²) in [5.41, 5.74) is 10.4. The summed E-state index contributed by atoms with van der Waals surface area (Å²) in [5.74, 6) is -2.57. The Hall–Kier alpha value is -6.90. The molecule has 0 aliphatic carbocycles. The van der Waals surface area contributed by atoms with E-state index >= 15 is 0 Å². The molecular formula is C47H47B3ClF10N12O4. The third kappa shape index (κ3) is 12.9. The van der Waals surface area contributed by atoms with Crippen molar-refractivity contribution in [3.63, 3.8) is 0 Å². The lowest BCUT2D eigenvalue weighted by Gasteiger charge is -2.23. The summed E-state index contributed by atoms with van der Waals surface area (Å²) in [6.45, 7) is 5.73. The van der Waals surface area contributed by atoms with Crippen LogP contribution in [0.5, 0.6) is 0 Å². The molecule has 2 aromatic carbocycles. The van der Waals surface area contributed by atoms with Crippen molar-refractivity contribution in [3.8, 4) is 11.4 Å². The molecule has 2 fully saturated rings. The third-order valence-corrected chi connectivity index (χ3v) is 12.5. The number of imidazole rings is 2. The first-order valence-electron chi connectivity index (χ1n) is 23.1. The summed E-state index contributed by atoms with van der Waals surface area (Å²) >= 11 is 5.51. The lowest BCUT2D eigenvalue weighted by Crippen LogP contribution is -2.40. The predicted octanol–water partition coefficient (Wildman–Crippen LogP) is 9.23. The molecule has 405 valence electrons. The van der Waals surface area contributed by atoms with Crippen LogP contribution in [0.2, 0.25) is 5.28 Å². The summed E-state index contributed by atoms with van der Waals surface area (Å²) in [6.07, 6.45) is -6.38. The van der Waals surface area contributed by atoms with Crippen LogP contribution in [-0.4, -0.2) is 111 Å². The fraction of sp³-hybridized carbons (Fsp3) is 0.404. The van der Waals surface area contributed by atoms with E-state index in [4.69, 9.17) is 22.1 Å². The van der Waals surface area contributed by atoms with Gasteiger partial charge in [0.1, 0.15) is 37.6 Å². The van der Waals surface area contributed by atoms with E-state index in [9.17, 15) is 53.5 Å². The van der Waals surface area contributed by atoms with Crippen LogP contribution in [0.4, 0.5) is 71.1 Å². The Morgan fingerprint density at radius 3 is 1.57 bits per heavy atom. The zero-order chi connectivity index (χ0) is 55.6. The molecule has 6 atom stereocenters. The number of ether oxygens (including phenoxy) is 2. The Morgan fingerprint density at radius 2 is 1.13 bits per heavy atom. The van der Waals surface area contributed by atoms with E-state index in [0.717, 1.165) is 70.2 Å². The number of carbonyl (C=O) groups is 2. The topological polar surface area (TPSA) is 184 Å². The van der Waals surface area contributed by atoms with Gasteiger partial charge in [-0.3, -0.25) is 0 Å². The van der Waals surface area contributed by atoms with Gasteiger partial charge >= 0.3 is 24.5 Å². The van der Waals surface area contributed by atoms with Gasteiger partial charge in [0, 0.05) is 51.3 Å². The Kier molecular flexibility index (Phi) is 18.6. The van der Waals surface area contributed by atoms with Gasteiger partial charge in [0.05, 0.1) is 53.6 Å². The first-order valence-corrected chi connectivity index (χ1v) is 23.4. The molecule has 77 heavy (non-hydrogen) atoms. The van der Waals surface area contributed by atoms with Crippen LogP contribution >= 0.6 is 11.6 Å². The van der Waals surface area contributed by atoms with Crippen LogP contribution < -0.4 is 20.9 Å². The summed E-state index contributed by atoms with van der Waals surface area (Å²) in [7, 11) is 10.0. The highest BCUT2D eigenvalue weighted by Gasteiger charge is 2.42. The monoisotopic (exact) mass is 1100 g/mol. The molecule has 10 rings (SSSR count). The Labute approximate surface area is 443 Å². The van der Waals surface area contributed by atoms with Gasteiger partial charge in [0.2, 0.25) is 11.2 Å². The van der Waals surface area contributed by atoms with Gasteiger partial charge in [-0.2, -0.15) is 36.3 Å². The minimum Gasteiger partial charge on any atom is -0.447 e. The van der Waals surface area contributed by atoms with Crippen LogP contribution in [0, 0.1) is 11.6 Å². The zero-order valence-corrected chi connectivity index (χ0v) is 41.3. The molecule has 8 heterocycles. The number of alkyl halides is 8. The van der Waals surface area contributed by atoms with Crippen LogP contribution in [0.15, 0.2) is 61.4 Å². The molecule has 2 amide bonds. The first kappa shape index (κ1) is 59.4. The maximum Gasteiger partial charge on any atom is 0.416 e. The summed E-state index contributed by atoms with van der Waals surface area (Å²) < 4.78 is 146. The number of nitrogens with zero attached hydrogens (tertiary/aromatic N) is 10. The Bertz CT molecular complexity index is 3080. The number of nitrogens with two attached hydrogens (primary N) is 1. The van der Waals surface area contributed by atoms with Crippen LogP contribution in [0.1, 0.15) is 92.2 Å². The number of hydrogen-bond donors (Lipinski definition) is 2. The van der Waals surface area contributed by atoms with E-state index in [0.29, 0.717) is 48.2 Å². The summed E-state index contributed by atoms with van der Waals surface area (Å²) in [6, 6.07) is 4.88. The largest absolute Gasteiger partial charge is 0.447 e. The maximum atomic E-state index is 14.5. The van der Waals surface area contributed by atoms with Crippen molar-refractivity contribution in [2.75, 3.05) is 28.3 Å². The fourth-order valence-corrected chi connectivity index (χ4v) is 8.86. The number of cyclic esters (lactones) is 2. The number of hydrogen-bond acceptors (Lipinski definition) is 12. The fourth-order valence-electron chi connectivity index (χ4n) is 8.73. The molecule has 4 aliphatic heterocycles. The highest BCUT2D eigenvalue weighted by atomic mass is 35.5. The average molecular weight is 1100 g/mol. The number of carbonyl (C=O) groups excluding carboxylic acids is 2. The summed E-state index contributed by atoms with van der Waals surface area (Å²) in [4.78, 5) is 48.9. The molecule has 0 unspecified atom stereocenters. The van der Waals surface area contributed by atoms with E-state index in [1.807, 2.05) is 11.5 Å². The van der Waals surface area contributed by atoms with Crippen molar-refractivity contribution in [1.29, 1.82) is 0 Å². The lowest BCUT2D eigenvalue weighted by atomic mass is 9.40. The normalized spacial score (nSPS) is 17.8. The number of nitrogens with one attached hydrogen (secondary N) is 1. The second-order valence-corrected chi connectivity index (χ2v) is 17.8. The molecule has 16 nitrogen and oxygen atoms in total. The second-order valence-electron chi connectivity index (χ2n) is 17.5. The third-order valence-electron chi connectivity index (χ3n) is 12.3. The number of aromatic nitrogens is 8. The molecule has 4 aromatic heterocycles. The number of amides is 2. The number of fused-ring (bicyclic) bond motifs is 6. The second kappa shape index (κ2) is 24.2. The number of halogens is 11. The lowest BCUT2D eigenvalue weighted by molar-refractivity contribution is -0.138. The molecule has 0 saturated carbocycles. The van der Waals surface area contributed by atoms with E-state index in [2.05, 4.69) is 55.4 Å². The van der Waals surface area contributed by atoms with Crippen molar-refractivity contribution < 1.29 is 63.0 Å². The smallest absolute Gasteiger partial charge is 0.416 e. The SMILES string of the molecule is C.C[C@H](F)[C@H]1COC(=O)N1c1nc(Cl)ncc1F.C[C@H](N)c1ncn2c1CCc1cc(C(F)(F)F)ccc1-2.C[C@H](Nc1ncc(F)c(N2C(=O)OC[C@@H]2[C@H](C)F)n1)c1ncn2c1CCc1cc(C(F)(F)F)ccc1-2.[B][B][B]. The van der Waals surface area contributed by atoms with Crippen LogP contribution in [0.3, 0.4) is 0 Å². The van der Waals surface area contributed by atoms with Crippen LogP contribution in [-0.2, 0) is 47.5 Å². The molecule has 5 radical (unpaired) electrons. The number of benzene rings is 2. The number of aryl methyl sites for hydroxylation is 2. The number of anilines is 3. The van der Waals surface area contributed by atoms with Gasteiger partial charge < -0.3 is 29.7 Å². The number of rotatable bonds is 8. The quantitative estimate of drug-likeness (QED) is 0.0838. The molecule has 0 bridgehead atoms. The molecule has 4 aliphatic rings. The minimum atomic E-state index is -4.42. The van der Waals surface area contributed by atoms with E-state index in [1.165, 1.54) is 32.0 Å². The predicted molar refractivity (Wildman–Crippen MR) is 266 cm³/mol. The van der Waals surface area contributed by atoms with Crippen molar-refractivity contribution in [3.05, 3.63) is 123 Å². The van der Waals surface area contributed by atoms with E-state index < -0.39 is 83.6 Å². The van der Waals surface area contributed by atoms with Gasteiger partial charge in [-0.15, -0.1) is 0 Å². The molecule has 6 aromatic rings. The highest BCUT2D eigenvalue weighted by Crippen LogP contribution is 2.38. The van der Waals surface area contributed by atoms with Gasteiger partial charge in [0.25, 0.3) is 0 Å². The van der Waals surface area contributed by atoms with Gasteiger partial charge in [-0.25, -0.2) is 56.9 Å². The van der Waals surface area contributed by atoms with Gasteiger partial charge in [-0.1, -0.05) is 7.43 Å². The maximum absolute atomic E-state index is 14.5. The molecule has 0 spiro atoms. The molecule has 30 heteroatoms. The van der Waals surface area contributed by atoms with Crippen molar-refractivity contribution >= 4 is 63.9 Å². The van der Waals surface area contributed by atoms with Crippen molar-refractivity contribution in [2.24, 2.45) is 5.73 Å². The highest BCUT2D eigenvalue weighted by molar-refractivity contribution is 7.17.